The highest BCUT2D eigenvalue weighted by Gasteiger charge is 2.43. The van der Waals surface area contributed by atoms with Crippen LogP contribution in [0.25, 0.3) is 12.2 Å². The van der Waals surface area contributed by atoms with Crippen molar-refractivity contribution in [3.8, 4) is 11.5 Å². The number of phenolic OH excluding ortho intramolecular Hbond substituents is 2. The Hall–Kier alpha value is -2.48. The molecule has 0 unspecified atom stereocenters. The highest BCUT2D eigenvalue weighted by molar-refractivity contribution is 5.84. The largest absolute Gasteiger partial charge is 0.508 e. The van der Waals surface area contributed by atoms with Crippen LogP contribution in [0.1, 0.15) is 33.4 Å². The van der Waals surface area contributed by atoms with Gasteiger partial charge in [0.2, 0.25) is 0 Å². The molecule has 0 fully saturated rings. The summed E-state index contributed by atoms with van der Waals surface area (Å²) in [6.45, 7) is 4.08. The molecule has 2 aromatic rings. The van der Waals surface area contributed by atoms with Gasteiger partial charge in [0.25, 0.3) is 0 Å². The van der Waals surface area contributed by atoms with Gasteiger partial charge in [-0.15, -0.1) is 0 Å². The van der Waals surface area contributed by atoms with E-state index >= 15 is 0 Å². The summed E-state index contributed by atoms with van der Waals surface area (Å²) in [6.07, 6.45) is 8.24. The van der Waals surface area contributed by atoms with E-state index in [0.717, 1.165) is 33.4 Å². The Bertz CT molecular complexity index is 770. The first-order chi connectivity index (χ1) is 10.0. The minimum Gasteiger partial charge on any atom is -0.508 e. The van der Waals surface area contributed by atoms with E-state index in [1.165, 1.54) is 0 Å². The van der Waals surface area contributed by atoms with Crippen molar-refractivity contribution in [2.75, 3.05) is 0 Å². The standard InChI is InChI=1S/C19H16O2/c1-11-3-5-15(20)17-13(11)7-9-19(17)10-8-14-12(2)4-6-16(21)18(14)19/h3-10,20-21H,1-2H3. The fourth-order valence-electron chi connectivity index (χ4n) is 3.67. The molecule has 0 saturated heterocycles. The van der Waals surface area contributed by atoms with E-state index in [0.29, 0.717) is 0 Å². The SMILES string of the molecule is Cc1ccc(O)c2c1C=CC21C=Cc2c(C)ccc(O)c21. The maximum absolute atomic E-state index is 10.4. The van der Waals surface area contributed by atoms with Gasteiger partial charge in [-0.1, -0.05) is 36.4 Å². The lowest BCUT2D eigenvalue weighted by Crippen LogP contribution is -2.19. The maximum atomic E-state index is 10.4. The van der Waals surface area contributed by atoms with Crippen molar-refractivity contribution in [1.29, 1.82) is 0 Å². The summed E-state index contributed by atoms with van der Waals surface area (Å²) in [5.74, 6) is 0.554. The van der Waals surface area contributed by atoms with Gasteiger partial charge in [-0.25, -0.2) is 0 Å². The van der Waals surface area contributed by atoms with Crippen molar-refractivity contribution < 1.29 is 10.2 Å². The molecule has 0 heterocycles. The van der Waals surface area contributed by atoms with Gasteiger partial charge in [-0.05, 0) is 48.2 Å². The first-order valence-electron chi connectivity index (χ1n) is 7.09. The number of phenols is 2. The number of aryl methyl sites for hydroxylation is 2. The van der Waals surface area contributed by atoms with E-state index < -0.39 is 5.41 Å². The van der Waals surface area contributed by atoms with E-state index in [1.54, 1.807) is 12.1 Å². The molecule has 2 nitrogen and oxygen atoms in total. The lowest BCUT2D eigenvalue weighted by Gasteiger charge is -2.26. The zero-order valence-electron chi connectivity index (χ0n) is 12.0. The first kappa shape index (κ1) is 12.3. The van der Waals surface area contributed by atoms with Crippen LogP contribution in [0.3, 0.4) is 0 Å². The number of aromatic hydroxyl groups is 2. The molecule has 0 saturated carbocycles. The van der Waals surface area contributed by atoms with Crippen LogP contribution in [-0.2, 0) is 5.41 Å². The summed E-state index contributed by atoms with van der Waals surface area (Å²) >= 11 is 0. The molecule has 21 heavy (non-hydrogen) atoms. The van der Waals surface area contributed by atoms with Crippen molar-refractivity contribution in [1.82, 2.24) is 0 Å². The van der Waals surface area contributed by atoms with Crippen LogP contribution in [0.5, 0.6) is 11.5 Å². The molecule has 1 spiro atoms. The third-order valence-electron chi connectivity index (χ3n) is 4.74. The fourth-order valence-corrected chi connectivity index (χ4v) is 3.67. The van der Waals surface area contributed by atoms with Gasteiger partial charge in [0.05, 0.1) is 5.41 Å². The van der Waals surface area contributed by atoms with Crippen LogP contribution < -0.4 is 0 Å². The number of fused-ring (bicyclic) bond motifs is 4. The quantitative estimate of drug-likeness (QED) is 0.762. The molecular formula is C19H16O2. The molecule has 2 aliphatic carbocycles. The van der Waals surface area contributed by atoms with Crippen LogP contribution in [0, 0.1) is 13.8 Å². The zero-order chi connectivity index (χ0) is 14.8. The average molecular weight is 276 g/mol. The Labute approximate surface area is 123 Å². The Morgan fingerprint density at radius 2 is 1.14 bits per heavy atom. The van der Waals surface area contributed by atoms with E-state index in [-0.39, 0.29) is 11.5 Å². The van der Waals surface area contributed by atoms with E-state index in [4.69, 9.17) is 0 Å². The second-order valence-corrected chi connectivity index (χ2v) is 5.92. The van der Waals surface area contributed by atoms with Gasteiger partial charge < -0.3 is 10.2 Å². The van der Waals surface area contributed by atoms with Gasteiger partial charge in [-0.2, -0.15) is 0 Å². The third kappa shape index (κ3) is 1.37. The lowest BCUT2D eigenvalue weighted by atomic mass is 9.76. The normalized spacial score (nSPS) is 16.5. The molecule has 0 aromatic heterocycles. The van der Waals surface area contributed by atoms with Crippen LogP contribution in [-0.4, -0.2) is 10.2 Å². The molecule has 0 atom stereocenters. The first-order valence-corrected chi connectivity index (χ1v) is 7.09. The summed E-state index contributed by atoms with van der Waals surface area (Å²) < 4.78 is 0. The number of benzene rings is 2. The number of hydrogen-bond donors (Lipinski definition) is 2. The van der Waals surface area contributed by atoms with Crippen molar-refractivity contribution >= 4 is 12.2 Å². The van der Waals surface area contributed by atoms with Gasteiger partial charge in [0, 0.05) is 11.1 Å². The summed E-state index contributed by atoms with van der Waals surface area (Å²) in [4.78, 5) is 0. The predicted octanol–water partition coefficient (Wildman–Crippen LogP) is 4.05. The third-order valence-corrected chi connectivity index (χ3v) is 4.74. The van der Waals surface area contributed by atoms with Crippen molar-refractivity contribution in [2.45, 2.75) is 19.3 Å². The van der Waals surface area contributed by atoms with Gasteiger partial charge >= 0.3 is 0 Å². The number of rotatable bonds is 0. The Balaban J connectivity index is 2.11. The fraction of sp³-hybridized carbons (Fsp3) is 0.158. The molecule has 4 rings (SSSR count). The van der Waals surface area contributed by atoms with Gasteiger partial charge in [-0.3, -0.25) is 0 Å². The molecular weight excluding hydrogens is 260 g/mol. The molecule has 0 amide bonds. The summed E-state index contributed by atoms with van der Waals surface area (Å²) in [5, 5.41) is 20.8. The Morgan fingerprint density at radius 1 is 0.714 bits per heavy atom. The van der Waals surface area contributed by atoms with Crippen LogP contribution in [0.15, 0.2) is 36.4 Å². The smallest absolute Gasteiger partial charge is 0.120 e. The lowest BCUT2D eigenvalue weighted by molar-refractivity contribution is 0.452. The average Bonchev–Trinajstić information content (AvgIpc) is 3.04. The zero-order valence-corrected chi connectivity index (χ0v) is 12.0. The molecule has 2 aromatic carbocycles. The second-order valence-electron chi connectivity index (χ2n) is 5.92. The van der Waals surface area contributed by atoms with Crippen molar-refractivity contribution in [2.24, 2.45) is 0 Å². The van der Waals surface area contributed by atoms with Gasteiger partial charge in [0.1, 0.15) is 11.5 Å². The molecule has 2 aliphatic rings. The monoisotopic (exact) mass is 276 g/mol. The second kappa shape index (κ2) is 3.79. The highest BCUT2D eigenvalue weighted by atomic mass is 16.3. The molecule has 2 N–H and O–H groups in total. The minimum atomic E-state index is -0.545. The molecule has 0 aliphatic heterocycles. The van der Waals surface area contributed by atoms with Crippen molar-refractivity contribution in [3.63, 3.8) is 0 Å². The molecule has 0 bridgehead atoms. The topological polar surface area (TPSA) is 40.5 Å². The van der Waals surface area contributed by atoms with E-state index in [1.807, 2.05) is 38.1 Å². The number of hydrogen-bond acceptors (Lipinski definition) is 2. The number of allylic oxidation sites excluding steroid dienone is 2. The Kier molecular flexibility index (Phi) is 2.22. The van der Waals surface area contributed by atoms with Crippen LogP contribution in [0.4, 0.5) is 0 Å². The Morgan fingerprint density at radius 3 is 1.57 bits per heavy atom. The van der Waals surface area contributed by atoms with E-state index in [2.05, 4.69) is 12.2 Å². The van der Waals surface area contributed by atoms with E-state index in [9.17, 15) is 10.2 Å². The van der Waals surface area contributed by atoms with Crippen LogP contribution >= 0.6 is 0 Å². The summed E-state index contributed by atoms with van der Waals surface area (Å²) in [5.41, 5.74) is 5.56. The predicted molar refractivity (Wildman–Crippen MR) is 84.5 cm³/mol. The minimum absolute atomic E-state index is 0.277. The van der Waals surface area contributed by atoms with Crippen molar-refractivity contribution in [3.05, 3.63) is 69.8 Å². The van der Waals surface area contributed by atoms with Gasteiger partial charge in [0.15, 0.2) is 0 Å². The van der Waals surface area contributed by atoms with Crippen LogP contribution in [0.2, 0.25) is 0 Å². The molecule has 2 heteroatoms. The molecule has 0 radical (unpaired) electrons. The maximum Gasteiger partial charge on any atom is 0.120 e. The molecule has 104 valence electrons. The summed E-state index contributed by atoms with van der Waals surface area (Å²) in [7, 11) is 0. The summed E-state index contributed by atoms with van der Waals surface area (Å²) in [6, 6.07) is 7.32. The highest BCUT2D eigenvalue weighted by Crippen LogP contribution is 2.54.